The fraction of sp³-hybridized carbons (Fsp3) is 0.716. The normalized spacial score (nSPS) is 12.8. The molecule has 0 bridgehead atoms. The summed E-state index contributed by atoms with van der Waals surface area (Å²) >= 11 is 0. The molecule has 0 N–H and O–H groups in total. The molecule has 418 valence electrons. The van der Waals surface area contributed by atoms with Crippen LogP contribution in [0.4, 0.5) is 0 Å². The molecule has 6 heteroatoms. The molecule has 73 heavy (non-hydrogen) atoms. The Morgan fingerprint density at radius 1 is 0.288 bits per heavy atom. The van der Waals surface area contributed by atoms with Crippen molar-refractivity contribution in [3.05, 3.63) is 97.2 Å². The summed E-state index contributed by atoms with van der Waals surface area (Å²) in [5, 5.41) is 0. The molecule has 0 aliphatic heterocycles. The number of allylic oxidation sites excluding steroid dienone is 16. The first-order valence-electron chi connectivity index (χ1n) is 30.7. The van der Waals surface area contributed by atoms with E-state index in [9.17, 15) is 14.4 Å². The van der Waals surface area contributed by atoms with Crippen LogP contribution in [-0.2, 0) is 28.6 Å². The average Bonchev–Trinajstić information content (AvgIpc) is 3.39. The highest BCUT2D eigenvalue weighted by Gasteiger charge is 2.19. The topological polar surface area (TPSA) is 78.9 Å². The molecule has 1 atom stereocenters. The molecule has 0 amide bonds. The summed E-state index contributed by atoms with van der Waals surface area (Å²) in [5.74, 6) is -0.957. The van der Waals surface area contributed by atoms with Crippen molar-refractivity contribution in [3.63, 3.8) is 0 Å². The lowest BCUT2D eigenvalue weighted by Gasteiger charge is -2.18. The summed E-state index contributed by atoms with van der Waals surface area (Å²) < 4.78 is 16.9. The van der Waals surface area contributed by atoms with E-state index in [-0.39, 0.29) is 37.5 Å². The molecule has 0 aromatic rings. The zero-order valence-electron chi connectivity index (χ0n) is 47.9. The third kappa shape index (κ3) is 59.1. The third-order valence-electron chi connectivity index (χ3n) is 13.0. The standard InChI is InChI=1S/C67H114O6/c1-4-7-10-13-16-19-22-25-28-31-33-36-39-42-45-48-51-54-57-60-66(69)72-63-64(62-71-65(68)59-56-53-50-47-44-41-38-35-30-27-24-21-18-15-12-9-6-3)73-67(70)61-58-55-52-49-46-43-40-37-34-32-29-26-23-20-17-14-11-8-5-2/h9,12,16,18-19,21,25-30,38,41,47,50,64H,4-8,10-11,13-15,17,20,22-24,31-37,39-40,42-46,48-49,51-63H2,1-3H3/b12-9-,19-16-,21-18-,28-25-,29-26-,30-27-,41-38-,50-47-. The van der Waals surface area contributed by atoms with E-state index in [1.54, 1.807) is 0 Å². The predicted octanol–water partition coefficient (Wildman–Crippen LogP) is 20.9. The van der Waals surface area contributed by atoms with E-state index in [2.05, 4.69) is 118 Å². The van der Waals surface area contributed by atoms with Gasteiger partial charge >= 0.3 is 17.9 Å². The Kier molecular flexibility index (Phi) is 57.8. The summed E-state index contributed by atoms with van der Waals surface area (Å²) in [7, 11) is 0. The number of ether oxygens (including phenoxy) is 3. The smallest absolute Gasteiger partial charge is 0.306 e. The lowest BCUT2D eigenvalue weighted by Crippen LogP contribution is -2.30. The van der Waals surface area contributed by atoms with Crippen LogP contribution in [0, 0.1) is 0 Å². The lowest BCUT2D eigenvalue weighted by molar-refractivity contribution is -0.167. The van der Waals surface area contributed by atoms with Crippen LogP contribution in [0.2, 0.25) is 0 Å². The van der Waals surface area contributed by atoms with Crippen LogP contribution in [0.3, 0.4) is 0 Å². The van der Waals surface area contributed by atoms with Crippen LogP contribution >= 0.6 is 0 Å². The molecule has 0 heterocycles. The molecule has 0 aromatic carbocycles. The quantitative estimate of drug-likeness (QED) is 0.0261. The molecule has 0 aliphatic carbocycles. The summed E-state index contributed by atoms with van der Waals surface area (Å²) in [6, 6.07) is 0. The van der Waals surface area contributed by atoms with E-state index in [1.165, 1.54) is 161 Å². The van der Waals surface area contributed by atoms with Gasteiger partial charge in [0, 0.05) is 19.3 Å². The summed E-state index contributed by atoms with van der Waals surface area (Å²) in [6.45, 7) is 6.47. The highest BCUT2D eigenvalue weighted by Crippen LogP contribution is 2.15. The Hall–Kier alpha value is -3.67. The van der Waals surface area contributed by atoms with E-state index < -0.39 is 6.10 Å². The second-order valence-corrected chi connectivity index (χ2v) is 20.2. The number of esters is 3. The summed E-state index contributed by atoms with van der Waals surface area (Å²) in [5.41, 5.74) is 0. The van der Waals surface area contributed by atoms with Crippen LogP contribution in [0.15, 0.2) is 97.2 Å². The van der Waals surface area contributed by atoms with Gasteiger partial charge in [-0.2, -0.15) is 0 Å². The van der Waals surface area contributed by atoms with Gasteiger partial charge in [0.05, 0.1) is 0 Å². The highest BCUT2D eigenvalue weighted by molar-refractivity contribution is 5.71. The first-order valence-corrected chi connectivity index (χ1v) is 30.7. The first kappa shape index (κ1) is 69.3. The Morgan fingerprint density at radius 3 is 0.932 bits per heavy atom. The number of hydrogen-bond donors (Lipinski definition) is 0. The van der Waals surface area contributed by atoms with Crippen LogP contribution < -0.4 is 0 Å². The van der Waals surface area contributed by atoms with Crippen LogP contribution in [0.5, 0.6) is 0 Å². The highest BCUT2D eigenvalue weighted by atomic mass is 16.6. The fourth-order valence-corrected chi connectivity index (χ4v) is 8.44. The van der Waals surface area contributed by atoms with Crippen molar-refractivity contribution < 1.29 is 28.6 Å². The van der Waals surface area contributed by atoms with Gasteiger partial charge in [0.15, 0.2) is 6.10 Å². The molecule has 0 spiro atoms. The van der Waals surface area contributed by atoms with Crippen LogP contribution in [0.25, 0.3) is 0 Å². The van der Waals surface area contributed by atoms with E-state index in [4.69, 9.17) is 14.2 Å². The molecule has 6 nitrogen and oxygen atoms in total. The maximum Gasteiger partial charge on any atom is 0.306 e. The van der Waals surface area contributed by atoms with E-state index in [1.807, 2.05) is 0 Å². The average molecular weight is 1020 g/mol. The van der Waals surface area contributed by atoms with Gasteiger partial charge in [0.25, 0.3) is 0 Å². The molecule has 0 saturated carbocycles. The number of rotatable bonds is 55. The second-order valence-electron chi connectivity index (χ2n) is 20.2. The van der Waals surface area contributed by atoms with Crippen LogP contribution in [-0.4, -0.2) is 37.2 Å². The number of carbonyl (C=O) groups is 3. The SMILES string of the molecule is CC/C=C\C/C=C\C/C=C\C/C=C\C/C=C\CCCC(=O)OCC(COC(=O)CCCCCCCCCCC/C=C\C/C=C\CCCCC)OC(=O)CCCCCCCCCCC/C=C\CCCCCCCC. The lowest BCUT2D eigenvalue weighted by atomic mass is 10.1. The van der Waals surface area contributed by atoms with Gasteiger partial charge in [-0.15, -0.1) is 0 Å². The Labute approximate surface area is 451 Å². The van der Waals surface area contributed by atoms with Gasteiger partial charge in [-0.1, -0.05) is 253 Å². The fourth-order valence-electron chi connectivity index (χ4n) is 8.44. The van der Waals surface area contributed by atoms with Gasteiger partial charge in [0.1, 0.15) is 13.2 Å². The minimum atomic E-state index is -0.805. The van der Waals surface area contributed by atoms with Gasteiger partial charge in [0.2, 0.25) is 0 Å². The summed E-state index contributed by atoms with van der Waals surface area (Å²) in [4.78, 5) is 38.3. The first-order chi connectivity index (χ1) is 36.0. The molecular weight excluding hydrogens is 901 g/mol. The maximum absolute atomic E-state index is 12.9. The van der Waals surface area contributed by atoms with Gasteiger partial charge < -0.3 is 14.2 Å². The Bertz CT molecular complexity index is 1440. The van der Waals surface area contributed by atoms with Crippen molar-refractivity contribution in [2.24, 2.45) is 0 Å². The second kappa shape index (κ2) is 60.9. The molecule has 0 fully saturated rings. The Morgan fingerprint density at radius 2 is 0.548 bits per heavy atom. The number of unbranched alkanes of at least 4 members (excludes halogenated alkanes) is 28. The van der Waals surface area contributed by atoms with Crippen molar-refractivity contribution in [2.75, 3.05) is 13.2 Å². The molecule has 0 aromatic heterocycles. The van der Waals surface area contributed by atoms with Crippen LogP contribution in [0.1, 0.15) is 290 Å². The molecule has 0 aliphatic rings. The molecule has 0 saturated heterocycles. The van der Waals surface area contributed by atoms with Crippen molar-refractivity contribution in [3.8, 4) is 0 Å². The van der Waals surface area contributed by atoms with E-state index in [0.29, 0.717) is 19.3 Å². The zero-order chi connectivity index (χ0) is 52.9. The van der Waals surface area contributed by atoms with Gasteiger partial charge in [-0.3, -0.25) is 14.4 Å². The summed E-state index contributed by atoms with van der Waals surface area (Å²) in [6.07, 6.45) is 81.2. The maximum atomic E-state index is 12.9. The molecule has 0 rings (SSSR count). The van der Waals surface area contributed by atoms with E-state index in [0.717, 1.165) is 83.5 Å². The number of carbonyl (C=O) groups excluding carboxylic acids is 3. The van der Waals surface area contributed by atoms with Crippen molar-refractivity contribution in [2.45, 2.75) is 297 Å². The largest absolute Gasteiger partial charge is 0.462 e. The third-order valence-corrected chi connectivity index (χ3v) is 13.0. The number of hydrogen-bond acceptors (Lipinski definition) is 6. The Balaban J connectivity index is 4.46. The molecule has 1 unspecified atom stereocenters. The molecular formula is C67H114O6. The van der Waals surface area contributed by atoms with E-state index >= 15 is 0 Å². The van der Waals surface area contributed by atoms with Crippen molar-refractivity contribution in [1.82, 2.24) is 0 Å². The zero-order valence-corrected chi connectivity index (χ0v) is 47.9. The van der Waals surface area contributed by atoms with Gasteiger partial charge in [-0.05, 0) is 116 Å². The minimum Gasteiger partial charge on any atom is -0.462 e. The predicted molar refractivity (Wildman–Crippen MR) is 316 cm³/mol. The van der Waals surface area contributed by atoms with Gasteiger partial charge in [-0.25, -0.2) is 0 Å². The molecule has 0 radical (unpaired) electrons. The monoisotopic (exact) mass is 1010 g/mol. The minimum absolute atomic E-state index is 0.0979. The van der Waals surface area contributed by atoms with Crippen molar-refractivity contribution in [1.29, 1.82) is 0 Å². The van der Waals surface area contributed by atoms with Crippen molar-refractivity contribution >= 4 is 17.9 Å².